The van der Waals surface area contributed by atoms with E-state index < -0.39 is 0 Å². The van der Waals surface area contributed by atoms with Crippen molar-refractivity contribution >= 4 is 40.3 Å². The second-order valence-electron chi connectivity index (χ2n) is 7.03. The summed E-state index contributed by atoms with van der Waals surface area (Å²) in [4.78, 5) is 15.2. The molecule has 0 spiro atoms. The average molecular weight is 438 g/mol. The first kappa shape index (κ1) is 20.5. The van der Waals surface area contributed by atoms with Crippen LogP contribution in [0, 0.1) is 5.82 Å². The normalized spacial score (nSPS) is 16.5. The molecule has 0 radical (unpaired) electrons. The van der Waals surface area contributed by atoms with Crippen LogP contribution in [0.2, 0.25) is 0 Å². The van der Waals surface area contributed by atoms with E-state index >= 15 is 0 Å². The van der Waals surface area contributed by atoms with Crippen molar-refractivity contribution in [3.8, 4) is 16.9 Å². The molecule has 0 aliphatic carbocycles. The topological polar surface area (TPSA) is 38.1 Å². The summed E-state index contributed by atoms with van der Waals surface area (Å²) in [6.07, 6.45) is 4.53. The van der Waals surface area contributed by atoms with Gasteiger partial charge >= 0.3 is 0 Å². The lowest BCUT2D eigenvalue weighted by Gasteiger charge is -2.21. The van der Waals surface area contributed by atoms with Gasteiger partial charge in [0.05, 0.1) is 16.3 Å². The van der Waals surface area contributed by atoms with Crippen molar-refractivity contribution in [2.75, 3.05) is 0 Å². The van der Waals surface area contributed by atoms with E-state index in [0.717, 1.165) is 23.2 Å². The molecule has 2 aromatic carbocycles. The third kappa shape index (κ3) is 3.95. The molecule has 152 valence electrons. The third-order valence-electron chi connectivity index (χ3n) is 5.02. The molecular weight excluding hydrogens is 417 g/mol. The number of para-hydroxylation sites is 1. The Bertz CT molecular complexity index is 1120. The molecule has 1 saturated heterocycles. The minimum Gasteiger partial charge on any atom is -0.290 e. The van der Waals surface area contributed by atoms with E-state index in [1.54, 1.807) is 21.7 Å². The van der Waals surface area contributed by atoms with Crippen molar-refractivity contribution in [1.29, 1.82) is 0 Å². The summed E-state index contributed by atoms with van der Waals surface area (Å²) in [7, 11) is 0. The minimum absolute atomic E-state index is 0.0482. The van der Waals surface area contributed by atoms with Crippen LogP contribution in [0.5, 0.6) is 0 Å². The molecule has 0 N–H and O–H groups in total. The first-order valence-corrected chi connectivity index (χ1v) is 10.9. The number of nitrogens with zero attached hydrogens (tertiary/aromatic N) is 3. The largest absolute Gasteiger partial charge is 0.290 e. The van der Waals surface area contributed by atoms with Gasteiger partial charge in [-0.25, -0.2) is 9.07 Å². The lowest BCUT2D eigenvalue weighted by atomic mass is 10.1. The molecular formula is C23H20FN3OS2. The Morgan fingerprint density at radius 3 is 2.53 bits per heavy atom. The molecule has 3 aromatic rings. The molecule has 0 saturated carbocycles. The molecule has 7 heteroatoms. The zero-order chi connectivity index (χ0) is 21.3. The number of rotatable bonds is 5. The van der Waals surface area contributed by atoms with E-state index in [2.05, 4.69) is 0 Å². The first-order valence-electron chi connectivity index (χ1n) is 9.66. The molecule has 30 heavy (non-hydrogen) atoms. The SMILES string of the molecule is CCC(C)N1C(=O)/C(=C/c2cn(-c3ccccc3)nc2-c2ccc(F)cc2)SC1=S. The number of benzene rings is 2. The number of amides is 1. The summed E-state index contributed by atoms with van der Waals surface area (Å²) in [5, 5.41) is 4.72. The van der Waals surface area contributed by atoms with Crippen molar-refractivity contribution in [2.24, 2.45) is 0 Å². The number of carbonyl (C=O) groups is 1. The monoisotopic (exact) mass is 437 g/mol. The number of halogens is 1. The van der Waals surface area contributed by atoms with Crippen LogP contribution in [0.15, 0.2) is 65.7 Å². The maximum absolute atomic E-state index is 13.4. The van der Waals surface area contributed by atoms with Crippen LogP contribution in [-0.2, 0) is 4.79 Å². The molecule has 1 aliphatic heterocycles. The molecule has 1 aromatic heterocycles. The summed E-state index contributed by atoms with van der Waals surface area (Å²) < 4.78 is 15.8. The van der Waals surface area contributed by atoms with E-state index in [9.17, 15) is 9.18 Å². The van der Waals surface area contributed by atoms with Gasteiger partial charge in [-0.05, 0) is 55.8 Å². The highest BCUT2D eigenvalue weighted by Gasteiger charge is 2.35. The number of thiocarbonyl (C=S) groups is 1. The van der Waals surface area contributed by atoms with E-state index in [1.807, 2.05) is 56.5 Å². The Kier molecular flexibility index (Phi) is 5.83. The van der Waals surface area contributed by atoms with Gasteiger partial charge in [0.25, 0.3) is 5.91 Å². The predicted molar refractivity (Wildman–Crippen MR) is 124 cm³/mol. The van der Waals surface area contributed by atoms with Gasteiger partial charge in [-0.15, -0.1) is 0 Å². The maximum atomic E-state index is 13.4. The summed E-state index contributed by atoms with van der Waals surface area (Å²) in [6, 6.07) is 16.0. The van der Waals surface area contributed by atoms with E-state index in [0.29, 0.717) is 14.9 Å². The lowest BCUT2D eigenvalue weighted by molar-refractivity contribution is -0.123. The van der Waals surface area contributed by atoms with Gasteiger partial charge in [0.2, 0.25) is 0 Å². The number of thioether (sulfide) groups is 1. The fraction of sp³-hybridized carbons (Fsp3) is 0.174. The molecule has 4 nitrogen and oxygen atoms in total. The average Bonchev–Trinajstić information content (AvgIpc) is 3.30. The predicted octanol–water partition coefficient (Wildman–Crippen LogP) is 5.68. The summed E-state index contributed by atoms with van der Waals surface area (Å²) >= 11 is 6.74. The van der Waals surface area contributed by atoms with Gasteiger partial charge in [-0.1, -0.05) is 49.1 Å². The molecule has 1 atom stereocenters. The van der Waals surface area contributed by atoms with Crippen molar-refractivity contribution in [1.82, 2.24) is 14.7 Å². The van der Waals surface area contributed by atoms with Gasteiger partial charge < -0.3 is 0 Å². The van der Waals surface area contributed by atoms with E-state index in [4.69, 9.17) is 17.3 Å². The van der Waals surface area contributed by atoms with Crippen molar-refractivity contribution < 1.29 is 9.18 Å². The lowest BCUT2D eigenvalue weighted by Crippen LogP contribution is -2.36. The maximum Gasteiger partial charge on any atom is 0.266 e. The van der Waals surface area contributed by atoms with Crippen molar-refractivity contribution in [2.45, 2.75) is 26.3 Å². The second kappa shape index (κ2) is 8.53. The zero-order valence-electron chi connectivity index (χ0n) is 16.6. The highest BCUT2D eigenvalue weighted by molar-refractivity contribution is 8.26. The molecule has 1 amide bonds. The van der Waals surface area contributed by atoms with Gasteiger partial charge in [0.1, 0.15) is 10.1 Å². The fourth-order valence-corrected chi connectivity index (χ4v) is 4.67. The number of carbonyl (C=O) groups excluding carboxylic acids is 1. The molecule has 1 unspecified atom stereocenters. The zero-order valence-corrected chi connectivity index (χ0v) is 18.2. The van der Waals surface area contributed by atoms with Crippen LogP contribution in [0.3, 0.4) is 0 Å². The van der Waals surface area contributed by atoms with Crippen LogP contribution >= 0.6 is 24.0 Å². The summed E-state index contributed by atoms with van der Waals surface area (Å²) in [5.41, 5.74) is 3.12. The molecule has 0 bridgehead atoms. The Balaban J connectivity index is 1.79. The highest BCUT2D eigenvalue weighted by Crippen LogP contribution is 2.36. The number of hydrogen-bond acceptors (Lipinski definition) is 4. The second-order valence-corrected chi connectivity index (χ2v) is 8.70. The van der Waals surface area contributed by atoms with Gasteiger partial charge in [-0.3, -0.25) is 9.69 Å². The van der Waals surface area contributed by atoms with Gasteiger partial charge in [0.15, 0.2) is 0 Å². The third-order valence-corrected chi connectivity index (χ3v) is 6.35. The van der Waals surface area contributed by atoms with Crippen LogP contribution in [0.4, 0.5) is 4.39 Å². The summed E-state index contributed by atoms with van der Waals surface area (Å²) in [5.74, 6) is -0.394. The molecule has 1 aliphatic rings. The Hall–Kier alpha value is -2.77. The van der Waals surface area contributed by atoms with Crippen molar-refractivity contribution in [3.63, 3.8) is 0 Å². The van der Waals surface area contributed by atoms with E-state index in [1.165, 1.54) is 23.9 Å². The molecule has 4 rings (SSSR count). The van der Waals surface area contributed by atoms with Crippen LogP contribution in [0.25, 0.3) is 23.0 Å². The van der Waals surface area contributed by atoms with Crippen LogP contribution in [0.1, 0.15) is 25.8 Å². The quantitative estimate of drug-likeness (QED) is 0.380. The Morgan fingerprint density at radius 2 is 1.87 bits per heavy atom. The summed E-state index contributed by atoms with van der Waals surface area (Å²) in [6.45, 7) is 4.02. The van der Waals surface area contributed by atoms with Crippen molar-refractivity contribution in [3.05, 3.63) is 77.1 Å². The Morgan fingerprint density at radius 1 is 1.17 bits per heavy atom. The number of hydrogen-bond donors (Lipinski definition) is 0. The first-order chi connectivity index (χ1) is 14.5. The van der Waals surface area contributed by atoms with Gasteiger partial charge in [0, 0.05) is 23.4 Å². The van der Waals surface area contributed by atoms with Crippen LogP contribution in [-0.4, -0.2) is 30.9 Å². The fourth-order valence-electron chi connectivity index (χ4n) is 3.22. The molecule has 1 fully saturated rings. The van der Waals surface area contributed by atoms with Gasteiger partial charge in [-0.2, -0.15) is 5.10 Å². The Labute approximate surface area is 184 Å². The smallest absolute Gasteiger partial charge is 0.266 e. The minimum atomic E-state index is -0.308. The standard InChI is InChI=1S/C23H20FN3OS2/c1-3-15(2)27-22(28)20(30-23(27)29)13-17-14-26(19-7-5-4-6-8-19)25-21(17)16-9-11-18(24)12-10-16/h4-15H,3H2,1-2H3/b20-13-. The van der Waals surface area contributed by atoms with Crippen LogP contribution < -0.4 is 0 Å². The number of aromatic nitrogens is 2. The highest BCUT2D eigenvalue weighted by atomic mass is 32.2. The van der Waals surface area contributed by atoms with E-state index in [-0.39, 0.29) is 17.8 Å². The molecule has 2 heterocycles.